The number of urea groups is 1. The summed E-state index contributed by atoms with van der Waals surface area (Å²) in [4.78, 5) is 24.0. The quantitative estimate of drug-likeness (QED) is 0.605. The Kier molecular flexibility index (Phi) is 6.33. The molecule has 0 spiro atoms. The van der Waals surface area contributed by atoms with Gasteiger partial charge in [0, 0.05) is 11.3 Å². The van der Waals surface area contributed by atoms with Gasteiger partial charge in [-0.15, -0.1) is 10.2 Å². The third kappa shape index (κ3) is 5.45. The Morgan fingerprint density at radius 2 is 1.76 bits per heavy atom. The molecule has 1 aromatic heterocycles. The molecule has 2 aromatic carbocycles. The van der Waals surface area contributed by atoms with Gasteiger partial charge in [0.2, 0.25) is 11.8 Å². The zero-order chi connectivity index (χ0) is 21.0. The highest BCUT2D eigenvalue weighted by molar-refractivity contribution is 7.99. The summed E-state index contributed by atoms with van der Waals surface area (Å²) in [6.45, 7) is 7.91. The molecule has 1 heterocycles. The highest BCUT2D eigenvalue weighted by atomic mass is 32.2. The molecule has 0 unspecified atom stereocenters. The number of anilines is 1. The van der Waals surface area contributed by atoms with Crippen molar-refractivity contribution in [3.8, 4) is 11.5 Å². The van der Waals surface area contributed by atoms with Crippen molar-refractivity contribution < 1.29 is 14.0 Å². The van der Waals surface area contributed by atoms with E-state index in [1.165, 1.54) is 5.56 Å². The van der Waals surface area contributed by atoms with Crippen molar-refractivity contribution in [3.05, 3.63) is 58.7 Å². The Hall–Kier alpha value is -3.13. The summed E-state index contributed by atoms with van der Waals surface area (Å²) in [5, 5.41) is 13.2. The Balaban J connectivity index is 1.52. The molecule has 0 atom stereocenters. The van der Waals surface area contributed by atoms with Gasteiger partial charge in [0.25, 0.3) is 5.22 Å². The number of carbonyl (C=O) groups is 2. The first-order valence-corrected chi connectivity index (χ1v) is 10.0. The summed E-state index contributed by atoms with van der Waals surface area (Å²) in [5.74, 6) is -0.0821. The minimum Gasteiger partial charge on any atom is -0.411 e. The van der Waals surface area contributed by atoms with E-state index < -0.39 is 11.9 Å². The first kappa shape index (κ1) is 20.6. The lowest BCUT2D eigenvalue weighted by Crippen LogP contribution is -2.35. The zero-order valence-electron chi connectivity index (χ0n) is 16.7. The molecule has 3 rings (SSSR count). The lowest BCUT2D eigenvalue weighted by molar-refractivity contribution is -0.117. The highest BCUT2D eigenvalue weighted by Crippen LogP contribution is 2.24. The number of nitrogens with one attached hydrogen (secondary N) is 2. The normalized spacial score (nSPS) is 10.6. The molecule has 29 heavy (non-hydrogen) atoms. The van der Waals surface area contributed by atoms with Crippen LogP contribution < -0.4 is 10.6 Å². The number of aromatic nitrogens is 2. The van der Waals surface area contributed by atoms with Gasteiger partial charge >= 0.3 is 6.03 Å². The molecule has 2 N–H and O–H groups in total. The van der Waals surface area contributed by atoms with E-state index in [4.69, 9.17) is 4.42 Å². The lowest BCUT2D eigenvalue weighted by Gasteiger charge is -2.09. The number of carbonyl (C=O) groups excluding carboxylic acids is 2. The molecule has 0 fully saturated rings. The average Bonchev–Trinajstić information content (AvgIpc) is 3.14. The topological polar surface area (TPSA) is 97.1 Å². The van der Waals surface area contributed by atoms with Crippen LogP contribution in [0.1, 0.15) is 22.3 Å². The fourth-order valence-corrected chi connectivity index (χ4v) is 3.22. The molecule has 0 saturated carbocycles. The van der Waals surface area contributed by atoms with Crippen LogP contribution in [0.5, 0.6) is 0 Å². The van der Waals surface area contributed by atoms with E-state index >= 15 is 0 Å². The van der Waals surface area contributed by atoms with Crippen LogP contribution in [0.3, 0.4) is 0 Å². The van der Waals surface area contributed by atoms with Crippen LogP contribution in [0.15, 0.2) is 46.0 Å². The number of hydrogen-bond acceptors (Lipinski definition) is 6. The van der Waals surface area contributed by atoms with Gasteiger partial charge in [-0.2, -0.15) is 0 Å². The summed E-state index contributed by atoms with van der Waals surface area (Å²) in [5.41, 5.74) is 5.81. The van der Waals surface area contributed by atoms with E-state index in [0.29, 0.717) is 11.6 Å². The highest BCUT2D eigenvalue weighted by Gasteiger charge is 2.14. The monoisotopic (exact) mass is 410 g/mol. The molecular formula is C21H22N4O3S. The maximum Gasteiger partial charge on any atom is 0.325 e. The second-order valence-electron chi connectivity index (χ2n) is 6.78. The molecule has 3 amide bonds. The Labute approximate surface area is 173 Å². The number of thioether (sulfide) groups is 1. The number of amides is 3. The van der Waals surface area contributed by atoms with Crippen LogP contribution in [0, 0.1) is 27.7 Å². The molecule has 0 aliphatic carbocycles. The molecule has 0 aliphatic rings. The van der Waals surface area contributed by atoms with Gasteiger partial charge in [-0.25, -0.2) is 4.79 Å². The number of aryl methyl sites for hydroxylation is 4. The van der Waals surface area contributed by atoms with Crippen LogP contribution >= 0.6 is 11.8 Å². The second-order valence-corrected chi connectivity index (χ2v) is 7.71. The van der Waals surface area contributed by atoms with E-state index in [0.717, 1.165) is 34.0 Å². The molecule has 0 aliphatic heterocycles. The van der Waals surface area contributed by atoms with Crippen molar-refractivity contribution in [2.24, 2.45) is 0 Å². The van der Waals surface area contributed by atoms with Crippen molar-refractivity contribution in [1.82, 2.24) is 15.5 Å². The van der Waals surface area contributed by atoms with E-state index in [-0.39, 0.29) is 11.0 Å². The third-order valence-corrected chi connectivity index (χ3v) is 5.19. The molecular weight excluding hydrogens is 388 g/mol. The predicted molar refractivity (Wildman–Crippen MR) is 113 cm³/mol. The van der Waals surface area contributed by atoms with Crippen LogP contribution in [0.2, 0.25) is 0 Å². The van der Waals surface area contributed by atoms with Crippen LogP contribution in [0.4, 0.5) is 10.5 Å². The first-order chi connectivity index (χ1) is 13.8. The van der Waals surface area contributed by atoms with E-state index in [9.17, 15) is 9.59 Å². The van der Waals surface area contributed by atoms with Crippen molar-refractivity contribution in [2.45, 2.75) is 32.9 Å². The standard InChI is InChI=1S/C21H22N4O3S/c1-12-5-8-17(15(4)9-12)22-20(27)23-18(26)11-29-21-25-24-19(28-21)16-7-6-13(2)14(3)10-16/h5-10H,11H2,1-4H3,(H2,22,23,26,27). The van der Waals surface area contributed by atoms with Gasteiger partial charge in [0.05, 0.1) is 5.75 Å². The summed E-state index contributed by atoms with van der Waals surface area (Å²) in [6, 6.07) is 10.9. The smallest absolute Gasteiger partial charge is 0.325 e. The summed E-state index contributed by atoms with van der Waals surface area (Å²) >= 11 is 1.07. The lowest BCUT2D eigenvalue weighted by atomic mass is 10.1. The van der Waals surface area contributed by atoms with E-state index in [1.807, 2.05) is 58.0 Å². The summed E-state index contributed by atoms with van der Waals surface area (Å²) < 4.78 is 5.60. The Bertz CT molecular complexity index is 1060. The number of benzene rings is 2. The number of hydrogen-bond donors (Lipinski definition) is 2. The zero-order valence-corrected chi connectivity index (χ0v) is 17.5. The van der Waals surface area contributed by atoms with Crippen LogP contribution in [0.25, 0.3) is 11.5 Å². The maximum atomic E-state index is 12.0. The summed E-state index contributed by atoms with van der Waals surface area (Å²) in [7, 11) is 0. The number of rotatable bonds is 5. The molecule has 3 aromatic rings. The van der Waals surface area contributed by atoms with Gasteiger partial charge in [0.15, 0.2) is 0 Å². The second kappa shape index (κ2) is 8.91. The van der Waals surface area contributed by atoms with Crippen molar-refractivity contribution in [1.29, 1.82) is 0 Å². The van der Waals surface area contributed by atoms with E-state index in [1.54, 1.807) is 6.07 Å². The molecule has 8 heteroatoms. The van der Waals surface area contributed by atoms with Gasteiger partial charge in [0.1, 0.15) is 0 Å². The third-order valence-electron chi connectivity index (χ3n) is 4.37. The van der Waals surface area contributed by atoms with Crippen molar-refractivity contribution in [3.63, 3.8) is 0 Å². The number of nitrogens with zero attached hydrogens (tertiary/aromatic N) is 2. The van der Waals surface area contributed by atoms with Crippen LogP contribution in [-0.4, -0.2) is 27.9 Å². The molecule has 0 saturated heterocycles. The minimum absolute atomic E-state index is 0.0190. The van der Waals surface area contributed by atoms with Gasteiger partial charge in [-0.3, -0.25) is 10.1 Å². The van der Waals surface area contributed by atoms with Crippen LogP contribution in [-0.2, 0) is 4.79 Å². The molecule has 0 bridgehead atoms. The maximum absolute atomic E-state index is 12.0. The molecule has 150 valence electrons. The van der Waals surface area contributed by atoms with Crippen molar-refractivity contribution >= 4 is 29.4 Å². The largest absolute Gasteiger partial charge is 0.411 e. The Morgan fingerprint density at radius 3 is 2.48 bits per heavy atom. The molecule has 0 radical (unpaired) electrons. The minimum atomic E-state index is -0.580. The fraction of sp³-hybridized carbons (Fsp3) is 0.238. The molecule has 7 nitrogen and oxygen atoms in total. The van der Waals surface area contributed by atoms with E-state index in [2.05, 4.69) is 20.8 Å². The fourth-order valence-electron chi connectivity index (χ4n) is 2.66. The average molecular weight is 410 g/mol. The van der Waals surface area contributed by atoms with Gasteiger partial charge in [-0.05, 0) is 62.6 Å². The number of imide groups is 1. The Morgan fingerprint density at radius 1 is 0.966 bits per heavy atom. The summed E-state index contributed by atoms with van der Waals surface area (Å²) in [6.07, 6.45) is 0. The van der Waals surface area contributed by atoms with Gasteiger partial charge in [-0.1, -0.05) is 35.5 Å². The predicted octanol–water partition coefficient (Wildman–Crippen LogP) is 4.41. The van der Waals surface area contributed by atoms with Crippen molar-refractivity contribution in [2.75, 3.05) is 11.1 Å². The van der Waals surface area contributed by atoms with Gasteiger partial charge < -0.3 is 9.73 Å². The SMILES string of the molecule is Cc1ccc(NC(=O)NC(=O)CSc2nnc(-c3ccc(C)c(C)c3)o2)c(C)c1. The first-order valence-electron chi connectivity index (χ1n) is 9.04.